The zero-order valence-corrected chi connectivity index (χ0v) is 23.7. The molecule has 1 aromatic heterocycles. The molecule has 14 heteroatoms. The van der Waals surface area contributed by atoms with Crippen LogP contribution in [0.3, 0.4) is 0 Å². The van der Waals surface area contributed by atoms with Crippen LogP contribution in [-0.4, -0.2) is 82.0 Å². The average molecular weight is 611 g/mol. The molecule has 1 spiro atoms. The van der Waals surface area contributed by atoms with Crippen molar-refractivity contribution in [1.82, 2.24) is 30.2 Å². The molecule has 44 heavy (non-hydrogen) atoms. The smallest absolute Gasteiger partial charge is 0.418 e. The maximum Gasteiger partial charge on any atom is 0.418 e. The number of rotatable bonds is 8. The molecule has 3 aromatic rings. The van der Waals surface area contributed by atoms with Gasteiger partial charge in [0.1, 0.15) is 24.9 Å². The Morgan fingerprint density at radius 2 is 1.91 bits per heavy atom. The number of aryl methyl sites for hydroxylation is 1. The van der Waals surface area contributed by atoms with Crippen molar-refractivity contribution in [2.75, 3.05) is 26.7 Å². The summed E-state index contributed by atoms with van der Waals surface area (Å²) in [5, 5.41) is 9.33. The van der Waals surface area contributed by atoms with Crippen LogP contribution in [0.1, 0.15) is 23.1 Å². The van der Waals surface area contributed by atoms with Crippen molar-refractivity contribution in [3.63, 3.8) is 0 Å². The number of aromatic nitrogens is 2. The summed E-state index contributed by atoms with van der Waals surface area (Å²) >= 11 is 0. The third-order valence-corrected chi connectivity index (χ3v) is 8.35. The molecular weight excluding hydrogens is 581 g/mol. The van der Waals surface area contributed by atoms with E-state index in [1.165, 1.54) is 23.9 Å². The third kappa shape index (κ3) is 5.19. The van der Waals surface area contributed by atoms with Crippen LogP contribution in [0, 0.1) is 5.82 Å². The lowest BCUT2D eigenvalue weighted by molar-refractivity contribution is -0.147. The first kappa shape index (κ1) is 29.4. The Bertz CT molecular complexity index is 1640. The van der Waals surface area contributed by atoms with Crippen molar-refractivity contribution in [3.8, 4) is 11.1 Å². The molecule has 3 heterocycles. The highest BCUT2D eigenvalue weighted by Crippen LogP contribution is 2.46. The fraction of sp³-hybridized carbons (Fsp3) is 0.367. The van der Waals surface area contributed by atoms with Gasteiger partial charge in [-0.3, -0.25) is 19.1 Å². The number of carbonyl (C=O) groups excluding carboxylic acids is 4. The quantitative estimate of drug-likeness (QED) is 0.401. The Morgan fingerprint density at radius 3 is 2.61 bits per heavy atom. The van der Waals surface area contributed by atoms with Gasteiger partial charge in [0.2, 0.25) is 17.4 Å². The largest absolute Gasteiger partial charge is 0.427 e. The Balaban J connectivity index is 1.22. The van der Waals surface area contributed by atoms with Crippen LogP contribution in [-0.2, 0) is 44.2 Å². The minimum absolute atomic E-state index is 0.0553. The van der Waals surface area contributed by atoms with Crippen molar-refractivity contribution in [2.45, 2.75) is 43.5 Å². The fourth-order valence-electron chi connectivity index (χ4n) is 6.02. The topological polar surface area (TPSA) is 126 Å². The summed E-state index contributed by atoms with van der Waals surface area (Å²) in [6.07, 6.45) is 2.86. The third-order valence-electron chi connectivity index (χ3n) is 8.35. The maximum absolute atomic E-state index is 14.8. The Kier molecular flexibility index (Phi) is 7.40. The van der Waals surface area contributed by atoms with Gasteiger partial charge < -0.3 is 20.3 Å². The van der Waals surface area contributed by atoms with E-state index >= 15 is 0 Å². The first-order valence-corrected chi connectivity index (χ1v) is 14.0. The van der Waals surface area contributed by atoms with Crippen LogP contribution in [0.4, 0.5) is 18.0 Å². The molecule has 2 aromatic carbocycles. The molecule has 6 rings (SSSR count). The monoisotopic (exact) mass is 610 g/mol. The SMILES string of the molecule is CNC(=O)Cn1cc(-c2ccc3c(c2)CCC32OC(=O)N(CC(=O)N(Cc3ccc(F)cc3)C3CNCC3(F)F)C2=O)cn1. The normalized spacial score (nSPS) is 21.9. The summed E-state index contributed by atoms with van der Waals surface area (Å²) in [4.78, 5) is 53.6. The molecule has 11 nitrogen and oxygen atoms in total. The number of likely N-dealkylation sites (N-methyl/N-ethyl adjacent to an activating group) is 1. The Morgan fingerprint density at radius 1 is 1.14 bits per heavy atom. The number of nitrogens with one attached hydrogen (secondary N) is 2. The lowest BCUT2D eigenvalue weighted by atomic mass is 9.93. The van der Waals surface area contributed by atoms with Gasteiger partial charge in [-0.25, -0.2) is 22.9 Å². The molecule has 0 radical (unpaired) electrons. The number of fused-ring (bicyclic) bond motifs is 2. The van der Waals surface area contributed by atoms with Gasteiger partial charge in [0.15, 0.2) is 0 Å². The molecule has 0 bridgehead atoms. The van der Waals surface area contributed by atoms with Gasteiger partial charge in [0, 0.05) is 43.9 Å². The van der Waals surface area contributed by atoms with E-state index in [2.05, 4.69) is 15.7 Å². The van der Waals surface area contributed by atoms with Crippen LogP contribution >= 0.6 is 0 Å². The summed E-state index contributed by atoms with van der Waals surface area (Å²) in [6.45, 7) is -1.82. The van der Waals surface area contributed by atoms with E-state index in [0.717, 1.165) is 33.7 Å². The van der Waals surface area contributed by atoms with Gasteiger partial charge in [0.05, 0.1) is 12.7 Å². The number of carbonyl (C=O) groups is 4. The highest BCUT2D eigenvalue weighted by Gasteiger charge is 2.59. The zero-order valence-electron chi connectivity index (χ0n) is 23.7. The fourth-order valence-corrected chi connectivity index (χ4v) is 6.02. The molecule has 1 aliphatic carbocycles. The summed E-state index contributed by atoms with van der Waals surface area (Å²) < 4.78 is 50.2. The highest BCUT2D eigenvalue weighted by atomic mass is 19.3. The average Bonchev–Trinajstić information content (AvgIpc) is 3.76. The number of hydrogen-bond donors (Lipinski definition) is 2. The van der Waals surface area contributed by atoms with Gasteiger partial charge in [0.25, 0.3) is 11.8 Å². The highest BCUT2D eigenvalue weighted by molar-refractivity contribution is 6.06. The van der Waals surface area contributed by atoms with E-state index in [9.17, 15) is 32.3 Å². The lowest BCUT2D eigenvalue weighted by Crippen LogP contribution is -2.53. The maximum atomic E-state index is 14.8. The number of ether oxygens (including phenoxy) is 1. The van der Waals surface area contributed by atoms with E-state index in [4.69, 9.17) is 4.74 Å². The molecule has 2 fully saturated rings. The second-order valence-electron chi connectivity index (χ2n) is 11.1. The van der Waals surface area contributed by atoms with Crippen LogP contribution in [0.25, 0.3) is 11.1 Å². The second-order valence-corrected chi connectivity index (χ2v) is 11.1. The van der Waals surface area contributed by atoms with E-state index in [1.54, 1.807) is 24.5 Å². The summed E-state index contributed by atoms with van der Waals surface area (Å²) in [5.41, 5.74) is 1.57. The van der Waals surface area contributed by atoms with Gasteiger partial charge in [-0.2, -0.15) is 5.10 Å². The number of benzene rings is 2. The zero-order chi connectivity index (χ0) is 31.2. The van der Waals surface area contributed by atoms with Crippen LogP contribution in [0.5, 0.6) is 0 Å². The van der Waals surface area contributed by atoms with Crippen molar-refractivity contribution >= 4 is 23.8 Å². The van der Waals surface area contributed by atoms with Crippen LogP contribution in [0.2, 0.25) is 0 Å². The van der Waals surface area contributed by atoms with Gasteiger partial charge >= 0.3 is 6.09 Å². The first-order valence-electron chi connectivity index (χ1n) is 14.0. The Hall–Kier alpha value is -4.72. The molecule has 2 atom stereocenters. The number of alkyl halides is 2. The number of hydrogen-bond acceptors (Lipinski definition) is 7. The number of imide groups is 1. The molecule has 3 aliphatic rings. The van der Waals surface area contributed by atoms with Gasteiger partial charge in [-0.1, -0.05) is 30.3 Å². The molecule has 2 N–H and O–H groups in total. The number of nitrogens with zero attached hydrogens (tertiary/aromatic N) is 4. The van der Waals surface area contributed by atoms with Crippen molar-refractivity contribution in [1.29, 1.82) is 0 Å². The van der Waals surface area contributed by atoms with Gasteiger partial charge in [-0.15, -0.1) is 0 Å². The molecule has 2 unspecified atom stereocenters. The second kappa shape index (κ2) is 11.1. The summed E-state index contributed by atoms with van der Waals surface area (Å²) in [7, 11) is 1.53. The number of amides is 4. The van der Waals surface area contributed by atoms with Crippen molar-refractivity contribution in [3.05, 3.63) is 77.4 Å². The minimum atomic E-state index is -3.26. The van der Waals surface area contributed by atoms with Crippen molar-refractivity contribution in [2.24, 2.45) is 0 Å². The van der Waals surface area contributed by atoms with Crippen LogP contribution in [0.15, 0.2) is 54.9 Å². The predicted octanol–water partition coefficient (Wildman–Crippen LogP) is 2.19. The number of halogens is 3. The molecule has 230 valence electrons. The molecule has 2 aliphatic heterocycles. The summed E-state index contributed by atoms with van der Waals surface area (Å²) in [5.74, 6) is -5.58. The first-order chi connectivity index (χ1) is 21.0. The minimum Gasteiger partial charge on any atom is -0.427 e. The molecule has 2 saturated heterocycles. The van der Waals surface area contributed by atoms with E-state index in [0.29, 0.717) is 22.4 Å². The van der Waals surface area contributed by atoms with E-state index in [-0.39, 0.29) is 32.0 Å². The van der Waals surface area contributed by atoms with Crippen LogP contribution < -0.4 is 10.6 Å². The standard InChI is InChI=1S/C30H29F3N6O5/c1-34-25(40)15-37-14-21(11-36-37)19-4-7-23-20(10-19)8-9-29(23)27(42)39(28(43)44-29)16-26(41)38(24-12-35-17-30(24,32)33)13-18-2-5-22(31)6-3-18/h2-7,10-11,14,24,35H,8-9,12-13,15-17H2,1H3,(H,34,40). The summed E-state index contributed by atoms with van der Waals surface area (Å²) in [6, 6.07) is 8.86. The van der Waals surface area contributed by atoms with Crippen molar-refractivity contribution < 1.29 is 37.1 Å². The van der Waals surface area contributed by atoms with E-state index in [1.807, 2.05) is 6.07 Å². The Labute approximate surface area is 249 Å². The van der Waals surface area contributed by atoms with E-state index < -0.39 is 54.4 Å². The molecule has 4 amide bonds. The molecule has 0 saturated carbocycles. The predicted molar refractivity (Wildman–Crippen MR) is 148 cm³/mol. The molecular formula is C30H29F3N6O5. The lowest BCUT2D eigenvalue weighted by Gasteiger charge is -2.33. The van der Waals surface area contributed by atoms with Gasteiger partial charge in [-0.05, 0) is 35.2 Å².